The van der Waals surface area contributed by atoms with Crippen molar-refractivity contribution in [2.24, 2.45) is 0 Å². The van der Waals surface area contributed by atoms with E-state index < -0.39 is 66.2 Å². The van der Waals surface area contributed by atoms with Crippen molar-refractivity contribution in [1.29, 1.82) is 0 Å². The number of benzene rings is 1. The number of anilines is 1. The highest BCUT2D eigenvalue weighted by atomic mass is 16.6. The Morgan fingerprint density at radius 1 is 1.05 bits per heavy atom. The summed E-state index contributed by atoms with van der Waals surface area (Å²) in [6.07, 6.45) is -3.75. The number of esters is 3. The number of rotatable bonds is 8. The molecule has 12 nitrogen and oxygen atoms in total. The van der Waals surface area contributed by atoms with E-state index in [0.29, 0.717) is 18.0 Å². The normalized spacial score (nSPS) is 27.0. The molecular formula is C28H38N2O10. The Bertz CT molecular complexity index is 1200. The van der Waals surface area contributed by atoms with Gasteiger partial charge in [-0.2, -0.15) is 0 Å². The summed E-state index contributed by atoms with van der Waals surface area (Å²) >= 11 is 0. The van der Waals surface area contributed by atoms with Gasteiger partial charge in [-0.3, -0.25) is 19.2 Å². The van der Waals surface area contributed by atoms with Crippen LogP contribution in [-0.4, -0.2) is 77.9 Å². The number of allylic oxidation sites excluding steroid dienone is 1. The van der Waals surface area contributed by atoms with Crippen LogP contribution in [0.3, 0.4) is 0 Å². The van der Waals surface area contributed by atoms with Crippen LogP contribution in [0.4, 0.5) is 5.69 Å². The molecule has 0 bridgehead atoms. The van der Waals surface area contributed by atoms with Gasteiger partial charge in [-0.15, -0.1) is 0 Å². The average molecular weight is 563 g/mol. The van der Waals surface area contributed by atoms with Gasteiger partial charge in [0.15, 0.2) is 18.4 Å². The van der Waals surface area contributed by atoms with Crippen LogP contribution in [0.25, 0.3) is 5.57 Å². The Hall–Kier alpha value is -3.64. The lowest BCUT2D eigenvalue weighted by atomic mass is 9.84. The van der Waals surface area contributed by atoms with Gasteiger partial charge in [0.25, 0.3) is 0 Å². The zero-order chi connectivity index (χ0) is 30.0. The molecule has 1 saturated heterocycles. The van der Waals surface area contributed by atoms with Crippen molar-refractivity contribution < 1.29 is 48.0 Å². The van der Waals surface area contributed by atoms with E-state index in [1.165, 1.54) is 13.8 Å². The standard InChI is InChI=1S/C28H38N2O10/c1-9-36-20-10-11-22-21(12-20)15(2)13-27(7,8)30(22)26-28(35,29-16(3)31)25(39-19(6)34)24(38-18(5)33)23(40-26)14-37-17(4)32/h10-13,23-26,35H,9,14H2,1-8H3,(H,29,31)/t23-,24-,25+,26-,28-/m1/s1. The lowest BCUT2D eigenvalue weighted by molar-refractivity contribution is -0.291. The van der Waals surface area contributed by atoms with Gasteiger partial charge >= 0.3 is 17.9 Å². The fraction of sp³-hybridized carbons (Fsp3) is 0.571. The zero-order valence-electron chi connectivity index (χ0n) is 24.1. The highest BCUT2D eigenvalue weighted by Gasteiger charge is 2.63. The molecule has 3 rings (SSSR count). The van der Waals surface area contributed by atoms with E-state index >= 15 is 0 Å². The summed E-state index contributed by atoms with van der Waals surface area (Å²) in [5.74, 6) is -2.24. The van der Waals surface area contributed by atoms with Crippen LogP contribution >= 0.6 is 0 Å². The molecule has 1 aromatic carbocycles. The second-order valence-electron chi connectivity index (χ2n) is 10.4. The van der Waals surface area contributed by atoms with Crippen molar-refractivity contribution >= 4 is 35.1 Å². The van der Waals surface area contributed by atoms with Crippen molar-refractivity contribution in [3.63, 3.8) is 0 Å². The highest BCUT2D eigenvalue weighted by Crippen LogP contribution is 2.46. The molecule has 1 fully saturated rings. The second-order valence-corrected chi connectivity index (χ2v) is 10.4. The lowest BCUT2D eigenvalue weighted by Gasteiger charge is -2.57. The van der Waals surface area contributed by atoms with Gasteiger partial charge in [0.05, 0.1) is 12.1 Å². The summed E-state index contributed by atoms with van der Waals surface area (Å²) in [5.41, 5.74) is -0.927. The first-order valence-electron chi connectivity index (χ1n) is 13.0. The average Bonchev–Trinajstić information content (AvgIpc) is 2.81. The Balaban J connectivity index is 2.27. The van der Waals surface area contributed by atoms with Gasteiger partial charge in [-0.1, -0.05) is 6.08 Å². The summed E-state index contributed by atoms with van der Waals surface area (Å²) in [7, 11) is 0. The molecule has 0 spiro atoms. The largest absolute Gasteiger partial charge is 0.494 e. The molecule has 40 heavy (non-hydrogen) atoms. The molecule has 2 aliphatic heterocycles. The third kappa shape index (κ3) is 6.39. The SMILES string of the molecule is CCOc1ccc2c(c1)C(C)=CC(C)(C)N2[C@@H]1O[C@H](COC(C)=O)[C@@H](OC(C)=O)[C@H](OC(C)=O)[C@]1(O)NC(C)=O. The minimum atomic E-state index is -2.43. The second kappa shape index (κ2) is 11.8. The quantitative estimate of drug-likeness (QED) is 0.272. The fourth-order valence-electron chi connectivity index (χ4n) is 5.32. The number of carbonyl (C=O) groups is 4. The first kappa shape index (κ1) is 30.9. The van der Waals surface area contributed by atoms with Gasteiger partial charge < -0.3 is 39.0 Å². The first-order chi connectivity index (χ1) is 18.6. The van der Waals surface area contributed by atoms with Crippen LogP contribution in [0.5, 0.6) is 5.75 Å². The molecule has 2 aliphatic rings. The van der Waals surface area contributed by atoms with Crippen molar-refractivity contribution in [1.82, 2.24) is 5.32 Å². The summed E-state index contributed by atoms with van der Waals surface area (Å²) in [4.78, 5) is 50.3. The zero-order valence-corrected chi connectivity index (χ0v) is 24.1. The molecule has 1 aromatic rings. The van der Waals surface area contributed by atoms with Crippen LogP contribution in [0.1, 0.15) is 61.0 Å². The Kier molecular flexibility index (Phi) is 9.15. The Morgan fingerprint density at radius 3 is 2.25 bits per heavy atom. The summed E-state index contributed by atoms with van der Waals surface area (Å²) < 4.78 is 28.3. The molecule has 2 heterocycles. The summed E-state index contributed by atoms with van der Waals surface area (Å²) in [6, 6.07) is 5.43. The number of ether oxygens (including phenoxy) is 5. The highest BCUT2D eigenvalue weighted by molar-refractivity contribution is 5.83. The third-order valence-corrected chi connectivity index (χ3v) is 6.59. The van der Waals surface area contributed by atoms with Crippen molar-refractivity contribution in [3.05, 3.63) is 29.8 Å². The van der Waals surface area contributed by atoms with E-state index in [-0.39, 0.29) is 0 Å². The number of hydrogen-bond acceptors (Lipinski definition) is 11. The predicted octanol–water partition coefficient (Wildman–Crippen LogP) is 2.06. The first-order valence-corrected chi connectivity index (χ1v) is 13.0. The lowest BCUT2D eigenvalue weighted by Crippen LogP contribution is -2.79. The minimum Gasteiger partial charge on any atom is -0.494 e. The molecule has 1 amide bonds. The van der Waals surface area contributed by atoms with Gasteiger partial charge in [-0.05, 0) is 51.5 Å². The predicted molar refractivity (Wildman–Crippen MR) is 143 cm³/mol. The van der Waals surface area contributed by atoms with Gasteiger partial charge in [0.2, 0.25) is 11.6 Å². The van der Waals surface area contributed by atoms with E-state index in [1.54, 1.807) is 17.0 Å². The molecule has 0 unspecified atom stereocenters. The maximum Gasteiger partial charge on any atom is 0.303 e. The Labute approximate surface area is 233 Å². The molecule has 0 radical (unpaired) electrons. The summed E-state index contributed by atoms with van der Waals surface area (Å²) in [5, 5.41) is 14.8. The molecule has 0 aliphatic carbocycles. The number of hydrogen-bond donors (Lipinski definition) is 2. The third-order valence-electron chi connectivity index (χ3n) is 6.59. The molecule has 0 aromatic heterocycles. The topological polar surface area (TPSA) is 150 Å². The fourth-order valence-corrected chi connectivity index (χ4v) is 5.32. The van der Waals surface area contributed by atoms with Crippen LogP contribution in [0.2, 0.25) is 0 Å². The van der Waals surface area contributed by atoms with Gasteiger partial charge in [-0.25, -0.2) is 0 Å². The van der Waals surface area contributed by atoms with E-state index in [1.807, 2.05) is 39.8 Å². The van der Waals surface area contributed by atoms with Gasteiger partial charge in [0, 0.05) is 38.9 Å². The summed E-state index contributed by atoms with van der Waals surface area (Å²) in [6.45, 7) is 12.3. The smallest absolute Gasteiger partial charge is 0.303 e. The molecule has 5 atom stereocenters. The van der Waals surface area contributed by atoms with Crippen LogP contribution < -0.4 is 15.0 Å². The number of fused-ring (bicyclic) bond motifs is 1. The van der Waals surface area contributed by atoms with Crippen molar-refractivity contribution in [2.45, 2.75) is 91.2 Å². The Morgan fingerprint density at radius 2 is 1.70 bits per heavy atom. The number of nitrogens with one attached hydrogen (secondary N) is 1. The van der Waals surface area contributed by atoms with E-state index in [4.69, 9.17) is 23.7 Å². The van der Waals surface area contributed by atoms with Crippen LogP contribution in [-0.2, 0) is 38.1 Å². The monoisotopic (exact) mass is 562 g/mol. The van der Waals surface area contributed by atoms with Crippen LogP contribution in [0.15, 0.2) is 24.3 Å². The molecule has 12 heteroatoms. The molecule has 0 saturated carbocycles. The van der Waals surface area contributed by atoms with Gasteiger partial charge in [0.1, 0.15) is 18.5 Å². The van der Waals surface area contributed by atoms with Crippen LogP contribution in [0, 0.1) is 0 Å². The number of nitrogens with zero attached hydrogens (tertiary/aromatic N) is 1. The van der Waals surface area contributed by atoms with Crippen molar-refractivity contribution in [2.75, 3.05) is 18.1 Å². The molecule has 2 N–H and O–H groups in total. The van der Waals surface area contributed by atoms with Crippen molar-refractivity contribution in [3.8, 4) is 5.75 Å². The minimum absolute atomic E-state index is 0.392. The maximum atomic E-state index is 12.5. The molecule has 220 valence electrons. The number of aliphatic hydroxyl groups is 1. The molecular weight excluding hydrogens is 524 g/mol. The van der Waals surface area contributed by atoms with E-state index in [9.17, 15) is 24.3 Å². The van der Waals surface area contributed by atoms with E-state index in [0.717, 1.165) is 25.0 Å². The maximum absolute atomic E-state index is 12.5. The number of carbonyl (C=O) groups excluding carboxylic acids is 4. The number of amides is 1. The van der Waals surface area contributed by atoms with E-state index in [2.05, 4.69) is 5.32 Å².